The van der Waals surface area contributed by atoms with Crippen molar-refractivity contribution in [3.8, 4) is 0 Å². The van der Waals surface area contributed by atoms with Gasteiger partial charge in [0, 0.05) is 12.8 Å². The Morgan fingerprint density at radius 2 is 1.38 bits per heavy atom. The summed E-state index contributed by atoms with van der Waals surface area (Å²) in [6.07, 6.45) is 11.6. The maximum Gasteiger partial charge on any atom is 0.0788 e. The highest BCUT2D eigenvalue weighted by molar-refractivity contribution is 4.54. The average molecular weight is 248 g/mol. The van der Waals surface area contributed by atoms with Crippen LogP contribution >= 0.6 is 0 Å². The van der Waals surface area contributed by atoms with Crippen molar-refractivity contribution in [2.75, 3.05) is 26.2 Å². The van der Waals surface area contributed by atoms with Gasteiger partial charge < -0.3 is 16.9 Å². The molecule has 1 fully saturated rings. The van der Waals surface area contributed by atoms with Gasteiger partial charge in [-0.1, -0.05) is 32.6 Å². The van der Waals surface area contributed by atoms with Crippen LogP contribution in [0.2, 0.25) is 0 Å². The van der Waals surface area contributed by atoms with E-state index in [0.29, 0.717) is 0 Å². The van der Waals surface area contributed by atoms with Crippen LogP contribution in [0.5, 0.6) is 0 Å². The number of hydrogen-bond donors (Lipinski definition) is 0. The van der Waals surface area contributed by atoms with Crippen molar-refractivity contribution in [1.29, 1.82) is 0 Å². The molecule has 0 unspecified atom stereocenters. The summed E-state index contributed by atoms with van der Waals surface area (Å²) in [5, 5.41) is 0. The molecule has 1 heterocycles. The standard InChI is InChI=1S/C14H30N.ClH/c1-3-5-6-7-8-9-12-15(4-2)13-10-11-14-15;/h3-14H2,1-2H3;1H/q+1;/p-1. The molecule has 0 N–H and O–H groups in total. The monoisotopic (exact) mass is 247 g/mol. The molecule has 0 amide bonds. The molecule has 0 bridgehead atoms. The highest BCUT2D eigenvalue weighted by Crippen LogP contribution is 2.20. The van der Waals surface area contributed by atoms with Gasteiger partial charge in [-0.05, 0) is 19.8 Å². The predicted molar refractivity (Wildman–Crippen MR) is 68.0 cm³/mol. The number of unbranched alkanes of at least 4 members (excludes halogenated alkanes) is 5. The van der Waals surface area contributed by atoms with Gasteiger partial charge in [-0.2, -0.15) is 0 Å². The molecule has 98 valence electrons. The molecule has 0 aromatic carbocycles. The van der Waals surface area contributed by atoms with E-state index >= 15 is 0 Å². The van der Waals surface area contributed by atoms with Crippen LogP contribution in [0.1, 0.15) is 65.2 Å². The third-order valence-corrected chi connectivity index (χ3v) is 4.17. The summed E-state index contributed by atoms with van der Waals surface area (Å²) in [6.45, 7) is 10.4. The molecule has 1 saturated heterocycles. The minimum Gasteiger partial charge on any atom is -1.00 e. The molecule has 2 heteroatoms. The summed E-state index contributed by atoms with van der Waals surface area (Å²) < 4.78 is 1.44. The van der Waals surface area contributed by atoms with Crippen molar-refractivity contribution in [3.63, 3.8) is 0 Å². The minimum atomic E-state index is 0. The Labute approximate surface area is 109 Å². The Bertz CT molecular complexity index is 153. The topological polar surface area (TPSA) is 0 Å². The second kappa shape index (κ2) is 9.30. The van der Waals surface area contributed by atoms with Crippen molar-refractivity contribution in [3.05, 3.63) is 0 Å². The zero-order chi connectivity index (χ0) is 11.0. The predicted octanol–water partition coefficient (Wildman–Crippen LogP) is 0.981. The molecule has 0 atom stereocenters. The molecule has 0 aromatic rings. The number of hydrogen-bond acceptors (Lipinski definition) is 0. The molecule has 16 heavy (non-hydrogen) atoms. The van der Waals surface area contributed by atoms with E-state index in [1.165, 1.54) is 82.0 Å². The molecule has 1 aliphatic rings. The van der Waals surface area contributed by atoms with E-state index in [9.17, 15) is 0 Å². The van der Waals surface area contributed by atoms with Gasteiger partial charge in [0.25, 0.3) is 0 Å². The Balaban J connectivity index is 0.00000225. The van der Waals surface area contributed by atoms with Crippen molar-refractivity contribution in [2.24, 2.45) is 0 Å². The Morgan fingerprint density at radius 1 is 0.812 bits per heavy atom. The molecule has 1 aliphatic heterocycles. The first-order valence-electron chi connectivity index (χ1n) is 7.18. The van der Waals surface area contributed by atoms with Crippen molar-refractivity contribution in [1.82, 2.24) is 0 Å². The second-order valence-electron chi connectivity index (χ2n) is 5.30. The number of halogens is 1. The second-order valence-corrected chi connectivity index (χ2v) is 5.30. The highest BCUT2D eigenvalue weighted by atomic mass is 35.5. The summed E-state index contributed by atoms with van der Waals surface area (Å²) in [5.74, 6) is 0. The number of quaternary nitrogens is 1. The zero-order valence-corrected chi connectivity index (χ0v) is 12.1. The highest BCUT2D eigenvalue weighted by Gasteiger charge is 2.28. The molecule has 1 nitrogen and oxygen atoms in total. The third kappa shape index (κ3) is 5.54. The normalized spacial score (nSPS) is 18.4. The molecule has 0 aromatic heterocycles. The fraction of sp³-hybridized carbons (Fsp3) is 1.00. The molecule has 0 radical (unpaired) electrons. The van der Waals surface area contributed by atoms with Crippen LogP contribution in [-0.4, -0.2) is 30.7 Å². The van der Waals surface area contributed by atoms with Crippen molar-refractivity contribution in [2.45, 2.75) is 65.2 Å². The van der Waals surface area contributed by atoms with E-state index in [2.05, 4.69) is 13.8 Å². The molecule has 0 aliphatic carbocycles. The smallest absolute Gasteiger partial charge is 0.0788 e. The van der Waals surface area contributed by atoms with Crippen LogP contribution in [0.25, 0.3) is 0 Å². The van der Waals surface area contributed by atoms with E-state index in [-0.39, 0.29) is 12.4 Å². The van der Waals surface area contributed by atoms with Gasteiger partial charge in [0.1, 0.15) is 0 Å². The molecule has 0 saturated carbocycles. The molecular weight excluding hydrogens is 218 g/mol. The van der Waals surface area contributed by atoms with E-state index < -0.39 is 0 Å². The first kappa shape index (κ1) is 16.2. The van der Waals surface area contributed by atoms with Gasteiger partial charge >= 0.3 is 0 Å². The Morgan fingerprint density at radius 3 is 1.94 bits per heavy atom. The van der Waals surface area contributed by atoms with Gasteiger partial charge in [0.15, 0.2) is 0 Å². The lowest BCUT2D eigenvalue weighted by Gasteiger charge is -2.33. The van der Waals surface area contributed by atoms with Gasteiger partial charge in [0.05, 0.1) is 26.2 Å². The minimum absolute atomic E-state index is 0. The Hall–Kier alpha value is 0.250. The molecule has 1 rings (SSSR count). The lowest BCUT2D eigenvalue weighted by molar-refractivity contribution is -0.915. The maximum absolute atomic E-state index is 2.38. The van der Waals surface area contributed by atoms with E-state index in [4.69, 9.17) is 0 Å². The van der Waals surface area contributed by atoms with Crippen LogP contribution in [0.4, 0.5) is 0 Å². The van der Waals surface area contributed by atoms with Crippen LogP contribution < -0.4 is 12.4 Å². The van der Waals surface area contributed by atoms with Crippen LogP contribution in [-0.2, 0) is 0 Å². The first-order chi connectivity index (χ1) is 7.33. The fourth-order valence-electron chi connectivity index (χ4n) is 2.93. The van der Waals surface area contributed by atoms with Crippen molar-refractivity contribution >= 4 is 0 Å². The van der Waals surface area contributed by atoms with Gasteiger partial charge in [-0.3, -0.25) is 0 Å². The van der Waals surface area contributed by atoms with E-state index in [0.717, 1.165) is 0 Å². The van der Waals surface area contributed by atoms with E-state index in [1.807, 2.05) is 0 Å². The summed E-state index contributed by atoms with van der Waals surface area (Å²) in [5.41, 5.74) is 0. The van der Waals surface area contributed by atoms with Crippen molar-refractivity contribution < 1.29 is 16.9 Å². The maximum atomic E-state index is 2.38. The molecular formula is C14H30ClN. The van der Waals surface area contributed by atoms with Gasteiger partial charge in [-0.15, -0.1) is 0 Å². The number of rotatable bonds is 8. The lowest BCUT2D eigenvalue weighted by atomic mass is 10.1. The van der Waals surface area contributed by atoms with Gasteiger partial charge in [0.2, 0.25) is 0 Å². The lowest BCUT2D eigenvalue weighted by Crippen LogP contribution is -3.00. The SMILES string of the molecule is CCCCCCCC[N+]1(CC)CCCC1.[Cl-]. The summed E-state index contributed by atoms with van der Waals surface area (Å²) in [6, 6.07) is 0. The van der Waals surface area contributed by atoms with Crippen LogP contribution in [0, 0.1) is 0 Å². The first-order valence-corrected chi connectivity index (χ1v) is 7.18. The quantitative estimate of drug-likeness (QED) is 0.443. The summed E-state index contributed by atoms with van der Waals surface area (Å²) in [7, 11) is 0. The fourth-order valence-corrected chi connectivity index (χ4v) is 2.93. The zero-order valence-electron chi connectivity index (χ0n) is 11.3. The average Bonchev–Trinajstić information content (AvgIpc) is 2.73. The summed E-state index contributed by atoms with van der Waals surface area (Å²) in [4.78, 5) is 0. The third-order valence-electron chi connectivity index (χ3n) is 4.17. The number of likely N-dealkylation sites (tertiary alicyclic amines) is 1. The number of nitrogens with zero attached hydrogens (tertiary/aromatic N) is 1. The Kier molecular flexibility index (Phi) is 9.44. The van der Waals surface area contributed by atoms with Gasteiger partial charge in [-0.25, -0.2) is 0 Å². The summed E-state index contributed by atoms with van der Waals surface area (Å²) >= 11 is 0. The van der Waals surface area contributed by atoms with Crippen LogP contribution in [0.15, 0.2) is 0 Å². The largest absolute Gasteiger partial charge is 1.00 e. The van der Waals surface area contributed by atoms with Crippen LogP contribution in [0.3, 0.4) is 0 Å². The molecule has 0 spiro atoms. The van der Waals surface area contributed by atoms with E-state index in [1.54, 1.807) is 0 Å².